The lowest BCUT2D eigenvalue weighted by Crippen LogP contribution is -2.38. The molecule has 112 valence electrons. The van der Waals surface area contributed by atoms with Gasteiger partial charge >= 0.3 is 0 Å². The Hall–Kier alpha value is -0.810. The van der Waals surface area contributed by atoms with Crippen LogP contribution < -0.4 is 4.72 Å². The van der Waals surface area contributed by atoms with Crippen molar-refractivity contribution < 1.29 is 8.42 Å². The number of benzene rings is 1. The smallest absolute Gasteiger partial charge is 0.207 e. The molecule has 0 saturated heterocycles. The van der Waals surface area contributed by atoms with Gasteiger partial charge in [-0.15, -0.1) is 0 Å². The summed E-state index contributed by atoms with van der Waals surface area (Å²) in [4.78, 5) is 0.0762. The summed E-state index contributed by atoms with van der Waals surface area (Å²) < 4.78 is 27.8. The minimum absolute atomic E-state index is 0.0762. The topological polar surface area (TPSA) is 46.2 Å². The van der Waals surface area contributed by atoms with Gasteiger partial charge < -0.3 is 0 Å². The standard InChI is InChI=1S/C15H15Cl2NO2S/c16-11-6-8-15(13(17)9-11)21(19,20)18-14-7-5-10-3-1-2-4-12(10)14/h1-4,6,8-10,12,14,18H,5,7H2. The number of nitrogens with one attached hydrogen (secondary N) is 1. The molecule has 3 unspecified atom stereocenters. The average molecular weight is 344 g/mol. The van der Waals surface area contributed by atoms with Crippen molar-refractivity contribution in [1.29, 1.82) is 0 Å². The monoisotopic (exact) mass is 343 g/mol. The van der Waals surface area contributed by atoms with Crippen molar-refractivity contribution in [2.75, 3.05) is 0 Å². The number of sulfonamides is 1. The Morgan fingerprint density at radius 3 is 2.62 bits per heavy atom. The third-order valence-electron chi connectivity index (χ3n) is 4.06. The van der Waals surface area contributed by atoms with E-state index in [-0.39, 0.29) is 21.9 Å². The van der Waals surface area contributed by atoms with Crippen LogP contribution in [0, 0.1) is 11.8 Å². The van der Waals surface area contributed by atoms with Crippen LogP contribution in [0.15, 0.2) is 47.4 Å². The van der Waals surface area contributed by atoms with Gasteiger partial charge in [0.25, 0.3) is 0 Å². The Labute approximate surface area is 134 Å². The summed E-state index contributed by atoms with van der Waals surface area (Å²) in [6.07, 6.45) is 10.0. The first-order valence-electron chi connectivity index (χ1n) is 6.80. The van der Waals surface area contributed by atoms with Crippen molar-refractivity contribution in [3.05, 3.63) is 52.5 Å². The van der Waals surface area contributed by atoms with E-state index in [4.69, 9.17) is 23.2 Å². The van der Waals surface area contributed by atoms with Gasteiger partial charge in [-0.2, -0.15) is 0 Å². The summed E-state index contributed by atoms with van der Waals surface area (Å²) >= 11 is 11.8. The first kappa shape index (κ1) is 15.1. The van der Waals surface area contributed by atoms with Gasteiger partial charge in [-0.1, -0.05) is 47.5 Å². The first-order valence-corrected chi connectivity index (χ1v) is 9.04. The predicted molar refractivity (Wildman–Crippen MR) is 85.1 cm³/mol. The molecule has 2 aliphatic carbocycles. The van der Waals surface area contributed by atoms with Crippen molar-refractivity contribution in [1.82, 2.24) is 4.72 Å². The van der Waals surface area contributed by atoms with Crippen molar-refractivity contribution in [2.24, 2.45) is 11.8 Å². The van der Waals surface area contributed by atoms with Gasteiger partial charge in [-0.25, -0.2) is 13.1 Å². The van der Waals surface area contributed by atoms with Gasteiger partial charge in [0.05, 0.1) is 5.02 Å². The van der Waals surface area contributed by atoms with E-state index in [0.717, 1.165) is 12.8 Å². The van der Waals surface area contributed by atoms with Crippen LogP contribution in [0.2, 0.25) is 10.0 Å². The van der Waals surface area contributed by atoms with Crippen molar-refractivity contribution in [3.63, 3.8) is 0 Å². The van der Waals surface area contributed by atoms with Crippen LogP contribution in [0.4, 0.5) is 0 Å². The lowest BCUT2D eigenvalue weighted by atomic mass is 9.90. The summed E-state index contributed by atoms with van der Waals surface area (Å²) in [5.41, 5.74) is 0. The molecule has 1 fully saturated rings. The molecule has 0 radical (unpaired) electrons. The molecule has 0 amide bonds. The van der Waals surface area contributed by atoms with E-state index < -0.39 is 10.0 Å². The molecule has 0 heterocycles. The van der Waals surface area contributed by atoms with Crippen LogP contribution in [0.5, 0.6) is 0 Å². The molecule has 3 nitrogen and oxygen atoms in total. The van der Waals surface area contributed by atoms with E-state index in [2.05, 4.69) is 16.9 Å². The van der Waals surface area contributed by atoms with Gasteiger partial charge in [-0.05, 0) is 42.9 Å². The van der Waals surface area contributed by atoms with Crippen LogP contribution in [0.1, 0.15) is 12.8 Å². The first-order chi connectivity index (χ1) is 9.97. The second-order valence-corrected chi connectivity index (χ2v) is 7.92. The molecule has 1 N–H and O–H groups in total. The quantitative estimate of drug-likeness (QED) is 0.907. The van der Waals surface area contributed by atoms with E-state index in [9.17, 15) is 8.42 Å². The third-order valence-corrected chi connectivity index (χ3v) is 6.27. The normalized spacial score (nSPS) is 27.8. The van der Waals surface area contributed by atoms with Crippen molar-refractivity contribution in [2.45, 2.75) is 23.8 Å². The maximum atomic E-state index is 12.5. The molecule has 2 aliphatic rings. The molecule has 0 spiro atoms. The molecule has 3 atom stereocenters. The predicted octanol–water partition coefficient (Wildman–Crippen LogP) is 3.79. The molecule has 1 aromatic carbocycles. The Balaban J connectivity index is 1.83. The Morgan fingerprint density at radius 2 is 1.86 bits per heavy atom. The molecule has 1 saturated carbocycles. The molecule has 1 aromatic rings. The Kier molecular flexibility index (Phi) is 4.14. The second-order valence-electron chi connectivity index (χ2n) is 5.39. The van der Waals surface area contributed by atoms with Gasteiger partial charge in [-0.3, -0.25) is 0 Å². The molecular formula is C15H15Cl2NO2S. The number of allylic oxidation sites excluding steroid dienone is 3. The van der Waals surface area contributed by atoms with Gasteiger partial charge in [0, 0.05) is 11.1 Å². The Bertz CT molecular complexity index is 712. The second kappa shape index (κ2) is 5.76. The fourth-order valence-electron chi connectivity index (χ4n) is 3.05. The highest BCUT2D eigenvalue weighted by Gasteiger charge is 2.36. The number of hydrogen-bond donors (Lipinski definition) is 1. The van der Waals surface area contributed by atoms with Crippen molar-refractivity contribution >= 4 is 33.2 Å². The maximum absolute atomic E-state index is 12.5. The summed E-state index contributed by atoms with van der Waals surface area (Å²) in [5, 5.41) is 0.559. The summed E-state index contributed by atoms with van der Waals surface area (Å²) in [5.74, 6) is 0.638. The van der Waals surface area contributed by atoms with Gasteiger partial charge in [0.2, 0.25) is 10.0 Å². The van der Waals surface area contributed by atoms with E-state index in [0.29, 0.717) is 10.9 Å². The maximum Gasteiger partial charge on any atom is 0.242 e. The highest BCUT2D eigenvalue weighted by atomic mass is 35.5. The summed E-state index contributed by atoms with van der Waals surface area (Å²) in [6.45, 7) is 0. The highest BCUT2D eigenvalue weighted by molar-refractivity contribution is 7.89. The van der Waals surface area contributed by atoms with Crippen LogP contribution >= 0.6 is 23.2 Å². The number of halogens is 2. The fraction of sp³-hybridized carbons (Fsp3) is 0.333. The molecule has 21 heavy (non-hydrogen) atoms. The molecule has 0 aromatic heterocycles. The highest BCUT2D eigenvalue weighted by Crippen LogP contribution is 2.37. The zero-order valence-corrected chi connectivity index (χ0v) is 13.5. The lowest BCUT2D eigenvalue weighted by Gasteiger charge is -2.23. The summed E-state index contributed by atoms with van der Waals surface area (Å²) in [6, 6.07) is 4.32. The van der Waals surface area contributed by atoms with E-state index in [1.54, 1.807) is 0 Å². The molecule has 6 heteroatoms. The molecular weight excluding hydrogens is 329 g/mol. The van der Waals surface area contributed by atoms with Crippen LogP contribution in [-0.2, 0) is 10.0 Å². The minimum Gasteiger partial charge on any atom is -0.207 e. The number of hydrogen-bond acceptors (Lipinski definition) is 2. The number of fused-ring (bicyclic) bond motifs is 1. The largest absolute Gasteiger partial charge is 0.242 e. The lowest BCUT2D eigenvalue weighted by molar-refractivity contribution is 0.469. The SMILES string of the molecule is O=S(=O)(NC1CCC2C=CC=CC21)c1ccc(Cl)cc1Cl. The zero-order chi connectivity index (χ0) is 15.0. The third kappa shape index (κ3) is 3.04. The molecule has 0 aliphatic heterocycles. The van der Waals surface area contributed by atoms with Crippen molar-refractivity contribution in [3.8, 4) is 0 Å². The van der Waals surface area contributed by atoms with Gasteiger partial charge in [0.15, 0.2) is 0 Å². The molecule has 0 bridgehead atoms. The van der Waals surface area contributed by atoms with E-state index in [1.807, 2.05) is 12.2 Å². The van der Waals surface area contributed by atoms with Crippen LogP contribution in [-0.4, -0.2) is 14.5 Å². The fourth-order valence-corrected chi connectivity index (χ4v) is 5.13. The van der Waals surface area contributed by atoms with Crippen LogP contribution in [0.25, 0.3) is 0 Å². The summed E-state index contributed by atoms with van der Waals surface area (Å²) in [7, 11) is -3.64. The van der Waals surface area contributed by atoms with Crippen LogP contribution in [0.3, 0.4) is 0 Å². The van der Waals surface area contributed by atoms with E-state index in [1.165, 1.54) is 18.2 Å². The minimum atomic E-state index is -3.64. The average Bonchev–Trinajstić information content (AvgIpc) is 2.81. The zero-order valence-electron chi connectivity index (χ0n) is 11.2. The molecule has 3 rings (SSSR count). The van der Waals surface area contributed by atoms with Gasteiger partial charge in [0.1, 0.15) is 4.90 Å². The Morgan fingerprint density at radius 1 is 1.10 bits per heavy atom. The number of rotatable bonds is 3. The van der Waals surface area contributed by atoms with E-state index >= 15 is 0 Å².